The van der Waals surface area contributed by atoms with Crippen LogP contribution in [0.25, 0.3) is 10.9 Å². The number of pyridine rings is 1. The lowest BCUT2D eigenvalue weighted by Crippen LogP contribution is -2.31. The normalized spacial score (nSPS) is 12.9. The van der Waals surface area contributed by atoms with Crippen LogP contribution in [0.2, 0.25) is 5.02 Å². The molecule has 3 N–H and O–H groups in total. The van der Waals surface area contributed by atoms with Gasteiger partial charge in [0.25, 0.3) is 11.5 Å². The number of halogens is 1. The van der Waals surface area contributed by atoms with Crippen LogP contribution in [0.15, 0.2) is 41.5 Å². The fraction of sp³-hybridized carbons (Fsp3) is 0.261. The van der Waals surface area contributed by atoms with E-state index in [0.29, 0.717) is 28.9 Å². The average Bonchev–Trinajstić information content (AvgIpc) is 3.34. The van der Waals surface area contributed by atoms with Crippen molar-refractivity contribution in [3.63, 3.8) is 0 Å². The highest BCUT2D eigenvalue weighted by Crippen LogP contribution is 2.29. The van der Waals surface area contributed by atoms with Crippen molar-refractivity contribution in [3.8, 4) is 5.75 Å². The van der Waals surface area contributed by atoms with Crippen LogP contribution in [-0.4, -0.2) is 50.8 Å². The summed E-state index contributed by atoms with van der Waals surface area (Å²) in [6.45, 7) is 1.17. The summed E-state index contributed by atoms with van der Waals surface area (Å²) in [5.41, 5.74) is 3.37. The number of hydrogen-bond acceptors (Lipinski definition) is 8. The van der Waals surface area contributed by atoms with Gasteiger partial charge in [-0.2, -0.15) is 10.1 Å². The van der Waals surface area contributed by atoms with E-state index in [9.17, 15) is 9.59 Å². The Morgan fingerprint density at radius 3 is 2.97 bits per heavy atom. The van der Waals surface area contributed by atoms with E-state index in [1.54, 1.807) is 19.3 Å². The van der Waals surface area contributed by atoms with Gasteiger partial charge in [0.05, 0.1) is 30.1 Å². The van der Waals surface area contributed by atoms with Crippen molar-refractivity contribution in [2.24, 2.45) is 7.05 Å². The molecule has 4 aromatic rings. The number of rotatable bonds is 6. The van der Waals surface area contributed by atoms with Crippen LogP contribution in [0.1, 0.15) is 11.3 Å². The monoisotopic (exact) mass is 494 g/mol. The molecule has 1 aliphatic rings. The molecule has 5 rings (SSSR count). The van der Waals surface area contributed by atoms with Crippen LogP contribution in [0.3, 0.4) is 0 Å². The predicted octanol–water partition coefficient (Wildman–Crippen LogP) is 2.14. The minimum Gasteiger partial charge on any atom is -0.478 e. The molecule has 0 bridgehead atoms. The van der Waals surface area contributed by atoms with Gasteiger partial charge in [0.1, 0.15) is 5.02 Å². The Labute approximate surface area is 205 Å². The van der Waals surface area contributed by atoms with Gasteiger partial charge < -0.3 is 24.8 Å². The fourth-order valence-corrected chi connectivity index (χ4v) is 4.11. The van der Waals surface area contributed by atoms with Crippen LogP contribution in [0.5, 0.6) is 5.75 Å². The van der Waals surface area contributed by atoms with Crippen LogP contribution in [0.4, 0.5) is 17.5 Å². The lowest BCUT2D eigenvalue weighted by atomic mass is 10.1. The maximum absolute atomic E-state index is 12.6. The number of H-pyrrole nitrogens is 1. The first-order valence-corrected chi connectivity index (χ1v) is 11.3. The van der Waals surface area contributed by atoms with E-state index in [2.05, 4.69) is 35.7 Å². The van der Waals surface area contributed by atoms with E-state index in [0.717, 1.165) is 29.7 Å². The van der Waals surface area contributed by atoms with Gasteiger partial charge in [-0.05, 0) is 36.2 Å². The van der Waals surface area contributed by atoms with Crippen molar-refractivity contribution in [2.45, 2.75) is 13.0 Å². The van der Waals surface area contributed by atoms with Crippen molar-refractivity contribution in [2.75, 3.05) is 30.4 Å². The molecule has 1 aliphatic heterocycles. The minimum absolute atomic E-state index is 0.0892. The first-order chi connectivity index (χ1) is 16.9. The van der Waals surface area contributed by atoms with Gasteiger partial charge in [0.15, 0.2) is 18.2 Å². The quantitative estimate of drug-likeness (QED) is 0.371. The highest BCUT2D eigenvalue weighted by molar-refractivity contribution is 6.32. The molecule has 35 heavy (non-hydrogen) atoms. The van der Waals surface area contributed by atoms with Crippen LogP contribution < -0.4 is 25.8 Å². The number of nitrogens with zero attached hydrogens (tertiary/aromatic N) is 5. The summed E-state index contributed by atoms with van der Waals surface area (Å²) in [5.74, 6) is 0.790. The molecule has 180 valence electrons. The fourth-order valence-electron chi connectivity index (χ4n) is 3.97. The molecular weight excluding hydrogens is 472 g/mol. The largest absolute Gasteiger partial charge is 0.478 e. The molecule has 4 heterocycles. The maximum atomic E-state index is 12.6. The number of carbonyl (C=O) groups excluding carboxylic acids is 1. The molecule has 1 amide bonds. The Morgan fingerprint density at radius 1 is 1.29 bits per heavy atom. The number of hydrogen-bond donors (Lipinski definition) is 3. The van der Waals surface area contributed by atoms with E-state index in [4.69, 9.17) is 16.3 Å². The Morgan fingerprint density at radius 2 is 2.14 bits per heavy atom. The Hall–Kier alpha value is -4.12. The van der Waals surface area contributed by atoms with Crippen molar-refractivity contribution >= 4 is 45.9 Å². The second kappa shape index (κ2) is 9.26. The van der Waals surface area contributed by atoms with E-state index in [1.807, 2.05) is 24.4 Å². The molecule has 0 radical (unpaired) electrons. The zero-order chi connectivity index (χ0) is 24.5. The Bertz CT molecular complexity index is 1480. The average molecular weight is 495 g/mol. The Kier molecular flexibility index (Phi) is 6.00. The summed E-state index contributed by atoms with van der Waals surface area (Å²) in [7, 11) is 3.16. The molecule has 0 unspecified atom stereocenters. The second-order valence-corrected chi connectivity index (χ2v) is 8.55. The number of ether oxygens (including phenoxy) is 1. The lowest BCUT2D eigenvalue weighted by molar-refractivity contribution is -0.122. The van der Waals surface area contributed by atoms with Gasteiger partial charge in [-0.25, -0.2) is 4.98 Å². The van der Waals surface area contributed by atoms with Gasteiger partial charge in [0.2, 0.25) is 5.95 Å². The molecule has 1 aromatic carbocycles. The molecule has 0 saturated carbocycles. The van der Waals surface area contributed by atoms with Crippen molar-refractivity contribution < 1.29 is 9.53 Å². The van der Waals surface area contributed by atoms with Crippen molar-refractivity contribution in [1.82, 2.24) is 30.0 Å². The molecule has 0 saturated heterocycles. The maximum Gasteiger partial charge on any atom is 0.293 e. The summed E-state index contributed by atoms with van der Waals surface area (Å²) in [4.78, 5) is 35.3. The molecule has 0 spiro atoms. The highest BCUT2D eigenvalue weighted by Gasteiger charge is 2.21. The first-order valence-electron chi connectivity index (χ1n) is 11.0. The summed E-state index contributed by atoms with van der Waals surface area (Å²) in [6, 6.07) is 7.14. The zero-order valence-corrected chi connectivity index (χ0v) is 19.9. The number of benzene rings is 1. The van der Waals surface area contributed by atoms with E-state index in [-0.39, 0.29) is 23.8 Å². The second-order valence-electron chi connectivity index (χ2n) is 8.15. The lowest BCUT2D eigenvalue weighted by Gasteiger charge is -2.26. The van der Waals surface area contributed by atoms with Crippen LogP contribution in [0, 0.1) is 0 Å². The molecule has 3 aromatic heterocycles. The van der Waals surface area contributed by atoms with Gasteiger partial charge in [-0.3, -0.25) is 14.7 Å². The van der Waals surface area contributed by atoms with Crippen LogP contribution >= 0.6 is 11.6 Å². The Balaban J connectivity index is 1.42. The summed E-state index contributed by atoms with van der Waals surface area (Å²) in [5, 5.41) is 14.0. The van der Waals surface area contributed by atoms with Crippen LogP contribution in [-0.2, 0) is 24.8 Å². The number of aryl methyl sites for hydroxylation is 1. The molecule has 0 atom stereocenters. The number of amides is 1. The number of fused-ring (bicyclic) bond motifs is 2. The number of aromatic nitrogens is 5. The molecule has 0 aliphatic carbocycles. The summed E-state index contributed by atoms with van der Waals surface area (Å²) in [6.07, 6.45) is 4.28. The van der Waals surface area contributed by atoms with Crippen molar-refractivity contribution in [3.05, 3.63) is 63.3 Å². The highest BCUT2D eigenvalue weighted by atomic mass is 35.5. The third-order valence-corrected chi connectivity index (χ3v) is 6.19. The van der Waals surface area contributed by atoms with Gasteiger partial charge in [0, 0.05) is 31.7 Å². The van der Waals surface area contributed by atoms with Gasteiger partial charge in [-0.15, -0.1) is 0 Å². The number of nitrogens with one attached hydrogen (secondary N) is 3. The van der Waals surface area contributed by atoms with Gasteiger partial charge in [-0.1, -0.05) is 11.6 Å². The first kappa shape index (κ1) is 22.7. The molecular formula is C23H23ClN8O3. The van der Waals surface area contributed by atoms with E-state index >= 15 is 0 Å². The predicted molar refractivity (Wildman–Crippen MR) is 132 cm³/mol. The van der Waals surface area contributed by atoms with E-state index < -0.39 is 0 Å². The SMILES string of the molecule is CNC(=O)COc1cc2cc(Nc3nc(N4CCc5cn[nH]c5C4)ncc3Cl)ccc2n(C)c1=O. The number of aromatic amines is 1. The number of likely N-dealkylation sites (N-methyl/N-ethyl adjacent to an activating group) is 1. The molecule has 0 fully saturated rings. The van der Waals surface area contributed by atoms with E-state index in [1.165, 1.54) is 17.2 Å². The van der Waals surface area contributed by atoms with Crippen molar-refractivity contribution in [1.29, 1.82) is 0 Å². The third kappa shape index (κ3) is 4.50. The standard InChI is InChI=1S/C23H23ClN8O3/c1-25-20(33)12-35-19-8-14-7-15(3-4-18(14)31(2)22(19)34)28-21-16(24)10-26-23(29-21)32-6-5-13-9-27-30-17(13)11-32/h3-4,7-10H,5-6,11-12H2,1-2H3,(H,25,33)(H,27,30)(H,26,28,29). The number of carbonyl (C=O) groups is 1. The smallest absolute Gasteiger partial charge is 0.293 e. The van der Waals surface area contributed by atoms with Gasteiger partial charge >= 0.3 is 0 Å². The summed E-state index contributed by atoms with van der Waals surface area (Å²) < 4.78 is 6.92. The zero-order valence-electron chi connectivity index (χ0n) is 19.1. The number of anilines is 3. The third-order valence-electron chi connectivity index (χ3n) is 5.91. The topological polar surface area (TPSA) is 130 Å². The summed E-state index contributed by atoms with van der Waals surface area (Å²) >= 11 is 6.40. The minimum atomic E-state index is -0.326. The molecule has 12 heteroatoms. The molecule has 11 nitrogen and oxygen atoms in total.